The summed E-state index contributed by atoms with van der Waals surface area (Å²) < 4.78 is 107. The largest absolute Gasteiger partial charge is 0.698 e. The first-order valence-corrected chi connectivity index (χ1v) is 33.1. The van der Waals surface area contributed by atoms with Crippen LogP contribution in [0.1, 0.15) is 40.2 Å². The van der Waals surface area contributed by atoms with Gasteiger partial charge >= 0.3 is 31.7 Å². The number of amides is 2. The van der Waals surface area contributed by atoms with E-state index in [2.05, 4.69) is 40.5 Å². The van der Waals surface area contributed by atoms with E-state index in [4.69, 9.17) is 86.8 Å². The lowest BCUT2D eigenvalue weighted by molar-refractivity contribution is -0.119. The van der Waals surface area contributed by atoms with Crippen LogP contribution in [0.4, 0.5) is 11.9 Å². The molecule has 392 valence electrons. The summed E-state index contributed by atoms with van der Waals surface area (Å²) in [5.74, 6) is -10.3. The number of hydrogen-bond acceptors (Lipinski definition) is 22. The number of carbonyl (C=O) groups excluding carboxylic acids is 2. The van der Waals surface area contributed by atoms with E-state index < -0.39 is 134 Å². The van der Waals surface area contributed by atoms with Gasteiger partial charge in [-0.25, -0.2) is 9.97 Å². The van der Waals surface area contributed by atoms with Crippen LogP contribution in [0.5, 0.6) is 0 Å². The normalized spacial score (nSPS) is 26.2. The molecule has 0 bridgehead atoms. The van der Waals surface area contributed by atoms with Gasteiger partial charge in [0.1, 0.15) is 18.1 Å². The highest BCUT2D eigenvalue weighted by atomic mass is 35.9. The molecule has 0 spiro atoms. The molecule has 4 saturated heterocycles. The van der Waals surface area contributed by atoms with Crippen molar-refractivity contribution in [2.75, 3.05) is 35.7 Å². The predicted octanol–water partition coefficient (Wildman–Crippen LogP) is 4.72. The molecular weight excluding hydrogens is 1160 g/mol. The molecule has 8 heterocycles. The molecule has 71 heavy (non-hydrogen) atoms. The Hall–Kier alpha value is -2.52. The fourth-order valence-corrected chi connectivity index (χ4v) is 19.9. The van der Waals surface area contributed by atoms with Crippen molar-refractivity contribution in [3.63, 3.8) is 0 Å². The molecule has 4 aliphatic rings. The van der Waals surface area contributed by atoms with Gasteiger partial charge in [0, 0.05) is 21.0 Å². The standard InChI is InChI=1S/C15H20N5O12P3.C14H16N5O7P.CH2Cl4O2P2/c1-6(2)12(21)18-15-17-11-8(13(22)19-15)16-4-20(11)14-10-9(31-33(23)32-10)7(30-14)3-29-35(27,28)5-34(24,25)26;1-5(2)11(21)17-14-16-10-7(12(22)18-14)15-4-19(10)13-9-8(6(3-20)24-13)25-27(23)26-9;2-8(3,6)1-9(4,5)7/h4,6-7,9-10,14H,3,5H2,1-2H3,(H4-,17,18,19,21,22,24,25,26,27,28);4-6,8-9,13,20H,3H2,1-2H3,(H-,16,17,18,21,22);1H2/p+2/t7-,9?,10?,14-;6-,8?,9?,13-;/m11./s1. The second-order valence-electron chi connectivity index (χ2n) is 15.8. The fourth-order valence-electron chi connectivity index (χ4n) is 6.59. The topological polar surface area (TPSA) is 433 Å². The number of aliphatic hydroxyl groups is 1. The van der Waals surface area contributed by atoms with Gasteiger partial charge in [0.15, 0.2) is 65.1 Å². The van der Waals surface area contributed by atoms with E-state index in [1.54, 1.807) is 27.7 Å². The first kappa shape index (κ1) is 57.8. The number of aliphatic hydroxyl groups excluding tert-OH is 1. The van der Waals surface area contributed by atoms with Crippen molar-refractivity contribution in [2.24, 2.45) is 11.8 Å². The quantitative estimate of drug-likeness (QED) is 0.0792. The average molecular weight is 1200 g/mol. The number of halogens is 4. The van der Waals surface area contributed by atoms with Gasteiger partial charge < -0.3 is 33.8 Å². The number of nitrogens with zero attached hydrogens (tertiary/aromatic N) is 6. The van der Waals surface area contributed by atoms with Crippen LogP contribution in [0, 0.1) is 11.8 Å². The average Bonchev–Trinajstić information content (AvgIpc) is 4.07. The zero-order valence-electron chi connectivity index (χ0n) is 36.4. The molecule has 31 nitrogen and oxygen atoms in total. The highest BCUT2D eigenvalue weighted by molar-refractivity contribution is 8.21. The Morgan fingerprint density at radius 2 is 1.11 bits per heavy atom. The number of ether oxygens (including phenoxy) is 2. The van der Waals surface area contributed by atoms with Gasteiger partial charge in [0.25, 0.3) is 22.8 Å². The van der Waals surface area contributed by atoms with Crippen LogP contribution in [0.25, 0.3) is 22.3 Å². The number of aromatic nitrogens is 8. The molecule has 4 fully saturated rings. The van der Waals surface area contributed by atoms with E-state index in [0.29, 0.717) is 0 Å². The van der Waals surface area contributed by atoms with Gasteiger partial charge in [-0.2, -0.15) is 9.97 Å². The number of nitrogens with one attached hydrogen (secondary N) is 4. The third-order valence-corrected chi connectivity index (χ3v) is 21.3. The van der Waals surface area contributed by atoms with Crippen molar-refractivity contribution in [1.29, 1.82) is 0 Å². The van der Waals surface area contributed by atoms with Crippen LogP contribution in [-0.4, -0.2) is 132 Å². The maximum atomic E-state index is 12.4. The van der Waals surface area contributed by atoms with E-state index in [0.717, 1.165) is 0 Å². The van der Waals surface area contributed by atoms with Gasteiger partial charge in [-0.3, -0.25) is 67.2 Å². The third-order valence-electron chi connectivity index (χ3n) is 9.66. The molecular formula is C30H40Cl4N10O21P6+2. The van der Waals surface area contributed by atoms with Crippen LogP contribution < -0.4 is 21.8 Å². The Labute approximate surface area is 418 Å². The number of anilines is 2. The molecule has 8 rings (SSSR count). The molecule has 4 aliphatic heterocycles. The first-order chi connectivity index (χ1) is 32.8. The third kappa shape index (κ3) is 14.9. The van der Waals surface area contributed by atoms with Crippen molar-refractivity contribution in [2.45, 2.75) is 76.8 Å². The maximum Gasteiger partial charge on any atom is 0.698 e. The summed E-state index contributed by atoms with van der Waals surface area (Å²) in [6.07, 6.45) is -4.95. The number of hydrogen-bond donors (Lipinski definition) is 8. The van der Waals surface area contributed by atoms with E-state index >= 15 is 0 Å². The summed E-state index contributed by atoms with van der Waals surface area (Å²) in [4.78, 5) is 97.6. The fraction of sp³-hybridized carbons (Fsp3) is 0.600. The molecule has 7 unspecified atom stereocenters. The summed E-state index contributed by atoms with van der Waals surface area (Å²) in [6.45, 7) is 5.69. The second-order valence-corrected chi connectivity index (χ2v) is 32.6. The molecule has 8 N–H and O–H groups in total. The zero-order chi connectivity index (χ0) is 52.7. The van der Waals surface area contributed by atoms with Crippen LogP contribution in [0.3, 0.4) is 0 Å². The smallest absolute Gasteiger partial charge is 0.394 e. The molecule has 0 aliphatic carbocycles. The SMILES string of the molecule is CC(C)C(=O)Nc1nc2c(ncn2[C@@H]2O[C@H](CO)C3O[P+](=O)OC32)c(=O)[nH]1.CC(C)C(=O)Nc1nc2c(ncn2[C@@H]2O[C@H](COP(=O)(O)CP(=O)(O)O)C3O[P+](=O)OC32)c(=O)[nH]1.O=P(Cl)(Cl)CP(=O)(Cl)Cl. The maximum absolute atomic E-state index is 12.4. The van der Waals surface area contributed by atoms with Gasteiger partial charge in [-0.1, -0.05) is 27.7 Å². The van der Waals surface area contributed by atoms with Crippen LogP contribution in [0.2, 0.25) is 0 Å². The van der Waals surface area contributed by atoms with Gasteiger partial charge in [0.2, 0.25) is 23.7 Å². The molecule has 4 aromatic rings. The minimum absolute atomic E-state index is 0.0156. The molecule has 2 amide bonds. The van der Waals surface area contributed by atoms with Crippen molar-refractivity contribution < 1.29 is 88.9 Å². The lowest BCUT2D eigenvalue weighted by Gasteiger charge is -2.18. The Balaban J connectivity index is 0.000000203. The molecule has 0 radical (unpaired) electrons. The van der Waals surface area contributed by atoms with E-state index in [1.807, 2.05) is 0 Å². The predicted molar refractivity (Wildman–Crippen MR) is 249 cm³/mol. The highest BCUT2D eigenvalue weighted by Crippen LogP contribution is 2.72. The molecule has 11 atom stereocenters. The molecule has 0 aromatic carbocycles. The minimum Gasteiger partial charge on any atom is -0.394 e. The van der Waals surface area contributed by atoms with Crippen molar-refractivity contribution in [3.8, 4) is 0 Å². The van der Waals surface area contributed by atoms with Crippen LogP contribution in [-0.2, 0) is 69.1 Å². The van der Waals surface area contributed by atoms with Gasteiger partial charge in [-0.15, -0.1) is 18.1 Å². The van der Waals surface area contributed by atoms with Crippen molar-refractivity contribution in [1.82, 2.24) is 39.0 Å². The molecule has 41 heteroatoms. The second kappa shape index (κ2) is 22.8. The first-order valence-electron chi connectivity index (χ1n) is 19.9. The number of carbonyl (C=O) groups is 2. The van der Waals surface area contributed by atoms with Crippen molar-refractivity contribution in [3.05, 3.63) is 33.4 Å². The van der Waals surface area contributed by atoms with E-state index in [1.165, 1.54) is 21.8 Å². The zero-order valence-corrected chi connectivity index (χ0v) is 44.8. The van der Waals surface area contributed by atoms with E-state index in [9.17, 15) is 56.6 Å². The summed E-state index contributed by atoms with van der Waals surface area (Å²) in [5, 5.41) is 14.5. The molecule has 0 saturated carbocycles. The minimum atomic E-state index is -4.85. The van der Waals surface area contributed by atoms with Gasteiger partial charge in [-0.05, 0) is 45.0 Å². The van der Waals surface area contributed by atoms with Crippen LogP contribution in [0.15, 0.2) is 22.2 Å². The highest BCUT2D eigenvalue weighted by Gasteiger charge is 2.62. The van der Waals surface area contributed by atoms with Gasteiger partial charge in [0.05, 0.1) is 25.9 Å². The Morgan fingerprint density at radius 3 is 1.48 bits per heavy atom. The number of rotatable bonds is 14. The summed E-state index contributed by atoms with van der Waals surface area (Å²) in [7, 11) is -14.5. The summed E-state index contributed by atoms with van der Waals surface area (Å²) in [5.41, 5.74) is -1.13. The number of H-pyrrole nitrogens is 2. The lowest BCUT2D eigenvalue weighted by atomic mass is 10.1. The monoisotopic (exact) mass is 1200 g/mol. The Morgan fingerprint density at radius 1 is 0.718 bits per heavy atom. The van der Waals surface area contributed by atoms with Crippen molar-refractivity contribution >= 4 is 134 Å². The Kier molecular flexibility index (Phi) is 18.5. The van der Waals surface area contributed by atoms with Crippen LogP contribution >= 0.6 is 88.4 Å². The van der Waals surface area contributed by atoms with E-state index in [-0.39, 0.29) is 52.7 Å². The molecule has 4 aromatic heterocycles. The summed E-state index contributed by atoms with van der Waals surface area (Å²) in [6, 6.07) is 0. The summed E-state index contributed by atoms with van der Waals surface area (Å²) >= 11 is 20.0. The Bertz CT molecular complexity index is 3010. The number of fused-ring (bicyclic) bond motifs is 4. The number of aromatic amines is 2. The lowest BCUT2D eigenvalue weighted by Crippen LogP contribution is -2.31. The number of imidazole rings is 2.